The van der Waals surface area contributed by atoms with Crippen molar-refractivity contribution >= 4 is 27.7 Å². The zero-order valence-corrected chi connectivity index (χ0v) is 14.7. The van der Waals surface area contributed by atoms with Crippen LogP contribution in [0.5, 0.6) is 0 Å². The van der Waals surface area contributed by atoms with Gasteiger partial charge in [-0.3, -0.25) is 9.59 Å². The van der Waals surface area contributed by atoms with E-state index in [0.29, 0.717) is 12.0 Å². The zero-order valence-electron chi connectivity index (χ0n) is 13.1. The van der Waals surface area contributed by atoms with Gasteiger partial charge in [0.15, 0.2) is 10.1 Å². The highest BCUT2D eigenvalue weighted by molar-refractivity contribution is 9.10. The van der Waals surface area contributed by atoms with Crippen molar-refractivity contribution < 1.29 is 14.3 Å². The monoisotopic (exact) mass is 354 g/mol. The fraction of sp³-hybridized carbons (Fsp3) is 0.529. The Morgan fingerprint density at radius 3 is 2.19 bits per heavy atom. The second-order valence-electron chi connectivity index (χ2n) is 6.10. The third kappa shape index (κ3) is 4.95. The molecule has 0 spiro atoms. The highest BCUT2D eigenvalue weighted by Crippen LogP contribution is 2.32. The Balaban J connectivity index is 3.08. The Bertz CT molecular complexity index is 491. The summed E-state index contributed by atoms with van der Waals surface area (Å²) in [7, 11) is 0. The fourth-order valence-corrected chi connectivity index (χ4v) is 2.50. The quantitative estimate of drug-likeness (QED) is 0.326. The van der Waals surface area contributed by atoms with E-state index in [1.54, 1.807) is 45.0 Å². The molecule has 0 radical (unpaired) electrons. The largest absolute Gasteiger partial charge is 0.459 e. The summed E-state index contributed by atoms with van der Waals surface area (Å²) in [6.45, 7) is 7.41. The first-order chi connectivity index (χ1) is 9.70. The average Bonchev–Trinajstić information content (AvgIpc) is 2.43. The van der Waals surface area contributed by atoms with Crippen LogP contribution in [0.3, 0.4) is 0 Å². The molecule has 3 nitrogen and oxygen atoms in total. The number of hydrogen-bond donors (Lipinski definition) is 0. The molecular formula is C17H23BrO3. The summed E-state index contributed by atoms with van der Waals surface area (Å²) in [5.74, 6) is -0.761. The number of benzene rings is 1. The van der Waals surface area contributed by atoms with Crippen LogP contribution in [0.4, 0.5) is 0 Å². The number of rotatable bonds is 6. The van der Waals surface area contributed by atoms with Crippen LogP contribution < -0.4 is 0 Å². The fourth-order valence-electron chi connectivity index (χ4n) is 1.91. The number of Topliss-reactive ketones (excluding diaryl/α,β-unsaturated/α-hetero) is 1. The lowest BCUT2D eigenvalue weighted by Gasteiger charge is -2.29. The van der Waals surface area contributed by atoms with E-state index in [4.69, 9.17) is 4.74 Å². The van der Waals surface area contributed by atoms with Gasteiger partial charge in [0.05, 0.1) is 0 Å². The van der Waals surface area contributed by atoms with E-state index in [0.717, 1.165) is 12.8 Å². The van der Waals surface area contributed by atoms with E-state index < -0.39 is 15.9 Å². The van der Waals surface area contributed by atoms with Gasteiger partial charge < -0.3 is 4.74 Å². The van der Waals surface area contributed by atoms with Crippen LogP contribution in [-0.2, 0) is 9.53 Å². The first-order valence-corrected chi connectivity index (χ1v) is 8.02. The highest BCUT2D eigenvalue weighted by atomic mass is 79.9. The van der Waals surface area contributed by atoms with E-state index >= 15 is 0 Å². The lowest BCUT2D eigenvalue weighted by molar-refractivity contribution is -0.156. The molecule has 1 aromatic carbocycles. The maximum atomic E-state index is 12.8. The standard InChI is InChI=1S/C17H23BrO3/c1-5-6-12-17(18,15(20)21-16(2,3)4)14(19)13-10-8-7-9-11-13/h7-11H,5-6,12H2,1-4H3. The van der Waals surface area contributed by atoms with Crippen LogP contribution in [0, 0.1) is 0 Å². The van der Waals surface area contributed by atoms with Gasteiger partial charge in [-0.25, -0.2) is 0 Å². The minimum absolute atomic E-state index is 0.245. The molecule has 0 saturated heterocycles. The van der Waals surface area contributed by atoms with Crippen LogP contribution in [0.1, 0.15) is 57.3 Å². The van der Waals surface area contributed by atoms with Gasteiger partial charge in [0.25, 0.3) is 0 Å². The molecule has 1 aromatic rings. The number of ketones is 1. The maximum Gasteiger partial charge on any atom is 0.331 e. The topological polar surface area (TPSA) is 43.4 Å². The van der Waals surface area contributed by atoms with Crippen molar-refractivity contribution in [3.63, 3.8) is 0 Å². The molecule has 1 unspecified atom stereocenters. The lowest BCUT2D eigenvalue weighted by atomic mass is 9.92. The number of unbranched alkanes of at least 4 members (excludes halogenated alkanes) is 1. The predicted octanol–water partition coefficient (Wildman–Crippen LogP) is 4.53. The molecule has 116 valence electrons. The summed E-state index contributed by atoms with van der Waals surface area (Å²) in [6.07, 6.45) is 2.09. The summed E-state index contributed by atoms with van der Waals surface area (Å²) < 4.78 is 4.13. The number of esters is 1. The van der Waals surface area contributed by atoms with Crippen molar-refractivity contribution in [1.29, 1.82) is 0 Å². The van der Waals surface area contributed by atoms with Crippen molar-refractivity contribution in [1.82, 2.24) is 0 Å². The molecule has 0 N–H and O–H groups in total. The lowest BCUT2D eigenvalue weighted by Crippen LogP contribution is -2.45. The molecule has 0 saturated carbocycles. The van der Waals surface area contributed by atoms with E-state index in [-0.39, 0.29) is 5.78 Å². The number of carbonyl (C=O) groups is 2. The number of alkyl halides is 1. The van der Waals surface area contributed by atoms with Gasteiger partial charge in [-0.15, -0.1) is 0 Å². The number of halogens is 1. The van der Waals surface area contributed by atoms with E-state index in [1.807, 2.05) is 13.0 Å². The summed E-state index contributed by atoms with van der Waals surface area (Å²) in [6, 6.07) is 8.85. The highest BCUT2D eigenvalue weighted by Gasteiger charge is 2.45. The van der Waals surface area contributed by atoms with Gasteiger partial charge in [-0.05, 0) is 27.2 Å². The number of carbonyl (C=O) groups excluding carboxylic acids is 2. The SMILES string of the molecule is CCCCC(Br)(C(=O)OC(C)(C)C)C(=O)c1ccccc1. The summed E-state index contributed by atoms with van der Waals surface area (Å²) in [5.41, 5.74) is -0.115. The molecule has 0 amide bonds. The Morgan fingerprint density at radius 1 is 1.14 bits per heavy atom. The van der Waals surface area contributed by atoms with Gasteiger partial charge in [0, 0.05) is 5.56 Å². The molecular weight excluding hydrogens is 332 g/mol. The molecule has 21 heavy (non-hydrogen) atoms. The zero-order chi connectivity index (χ0) is 16.1. The van der Waals surface area contributed by atoms with Crippen molar-refractivity contribution in [2.45, 2.75) is 56.9 Å². The minimum Gasteiger partial charge on any atom is -0.459 e. The van der Waals surface area contributed by atoms with E-state index in [2.05, 4.69) is 15.9 Å². The normalized spacial score (nSPS) is 14.3. The molecule has 0 heterocycles. The second kappa shape index (κ2) is 7.21. The molecule has 0 aromatic heterocycles. The Hall–Kier alpha value is -1.16. The Morgan fingerprint density at radius 2 is 1.71 bits per heavy atom. The second-order valence-corrected chi connectivity index (χ2v) is 7.46. The molecule has 0 bridgehead atoms. The maximum absolute atomic E-state index is 12.8. The predicted molar refractivity (Wildman–Crippen MR) is 87.8 cm³/mol. The van der Waals surface area contributed by atoms with Crippen LogP contribution >= 0.6 is 15.9 Å². The first-order valence-electron chi connectivity index (χ1n) is 7.23. The van der Waals surface area contributed by atoms with Crippen LogP contribution in [-0.4, -0.2) is 21.7 Å². The number of ether oxygens (including phenoxy) is 1. The van der Waals surface area contributed by atoms with Gasteiger partial charge in [-0.1, -0.05) is 66.0 Å². The van der Waals surface area contributed by atoms with Gasteiger partial charge in [0.2, 0.25) is 0 Å². The summed E-state index contributed by atoms with van der Waals surface area (Å²) in [4.78, 5) is 25.3. The van der Waals surface area contributed by atoms with Crippen LogP contribution in [0.15, 0.2) is 30.3 Å². The third-order valence-corrected chi connectivity index (χ3v) is 4.07. The van der Waals surface area contributed by atoms with Gasteiger partial charge >= 0.3 is 5.97 Å². The van der Waals surface area contributed by atoms with Crippen molar-refractivity contribution in [3.8, 4) is 0 Å². The van der Waals surface area contributed by atoms with Gasteiger partial charge in [-0.2, -0.15) is 0 Å². The van der Waals surface area contributed by atoms with Gasteiger partial charge in [0.1, 0.15) is 5.60 Å². The van der Waals surface area contributed by atoms with Crippen molar-refractivity contribution in [3.05, 3.63) is 35.9 Å². The molecule has 0 aliphatic carbocycles. The van der Waals surface area contributed by atoms with Crippen molar-refractivity contribution in [2.75, 3.05) is 0 Å². The first kappa shape index (κ1) is 17.9. The minimum atomic E-state index is -1.31. The third-order valence-electron chi connectivity index (χ3n) is 2.99. The van der Waals surface area contributed by atoms with E-state index in [9.17, 15) is 9.59 Å². The summed E-state index contributed by atoms with van der Waals surface area (Å²) >= 11 is 3.38. The molecule has 1 rings (SSSR count). The average molecular weight is 355 g/mol. The Kier molecular flexibility index (Phi) is 6.14. The molecule has 0 fully saturated rings. The van der Waals surface area contributed by atoms with Crippen LogP contribution in [0.25, 0.3) is 0 Å². The molecule has 4 heteroatoms. The molecule has 0 aliphatic rings. The molecule has 0 aliphatic heterocycles. The van der Waals surface area contributed by atoms with E-state index in [1.165, 1.54) is 0 Å². The summed E-state index contributed by atoms with van der Waals surface area (Å²) in [5, 5.41) is 0. The van der Waals surface area contributed by atoms with Crippen molar-refractivity contribution in [2.24, 2.45) is 0 Å². The van der Waals surface area contributed by atoms with Crippen LogP contribution in [0.2, 0.25) is 0 Å². The molecule has 1 atom stereocenters. The number of hydrogen-bond acceptors (Lipinski definition) is 3. The Labute approximate surface area is 135 Å². The smallest absolute Gasteiger partial charge is 0.331 e.